The van der Waals surface area contributed by atoms with Crippen LogP contribution in [0.2, 0.25) is 0 Å². The summed E-state index contributed by atoms with van der Waals surface area (Å²) >= 11 is 0. The second-order valence-electron chi connectivity index (χ2n) is 7.64. The molecule has 0 bridgehead atoms. The highest BCUT2D eigenvalue weighted by atomic mass is 16.5. The summed E-state index contributed by atoms with van der Waals surface area (Å²) in [7, 11) is 4.16. The molecule has 0 spiro atoms. The lowest BCUT2D eigenvalue weighted by molar-refractivity contribution is 0.123. The number of nitrogens with one attached hydrogen (secondary N) is 2. The Bertz CT molecular complexity index is 556. The molecule has 2 rings (SSSR count). The van der Waals surface area contributed by atoms with Gasteiger partial charge in [-0.25, -0.2) is 4.99 Å². The zero-order valence-electron chi connectivity index (χ0n) is 17.9. The van der Waals surface area contributed by atoms with E-state index in [0.717, 1.165) is 69.9 Å². The minimum Gasteiger partial charge on any atom is -0.494 e. The zero-order valence-corrected chi connectivity index (χ0v) is 17.9. The molecule has 0 unspecified atom stereocenters. The lowest BCUT2D eigenvalue weighted by atomic mass is 10.2. The van der Waals surface area contributed by atoms with Gasteiger partial charge in [0.1, 0.15) is 5.75 Å². The summed E-state index contributed by atoms with van der Waals surface area (Å²) in [5.41, 5.74) is 1.17. The standard InChI is InChI=1S/C22H38N4O2/c1-4-23-22(24-13-5-15-27-18-20-7-8-20)25-17-19-9-11-21(12-10-19)28-16-6-14-26(2)3/h9-12,20H,4-8,13-18H2,1-3H3,(H2,23,24,25). The van der Waals surface area contributed by atoms with Crippen LogP contribution in [0, 0.1) is 5.92 Å². The molecule has 0 aromatic heterocycles. The van der Waals surface area contributed by atoms with Crippen molar-refractivity contribution in [2.45, 2.75) is 39.2 Å². The summed E-state index contributed by atoms with van der Waals surface area (Å²) in [5, 5.41) is 6.68. The molecule has 1 aliphatic rings. The molecule has 0 atom stereocenters. The van der Waals surface area contributed by atoms with Gasteiger partial charge in [-0.3, -0.25) is 0 Å². The molecular formula is C22H38N4O2. The van der Waals surface area contributed by atoms with E-state index in [1.807, 2.05) is 12.1 Å². The van der Waals surface area contributed by atoms with E-state index in [1.54, 1.807) is 0 Å². The number of ether oxygens (including phenoxy) is 2. The molecule has 1 fully saturated rings. The lowest BCUT2D eigenvalue weighted by Crippen LogP contribution is -2.38. The Morgan fingerprint density at radius 1 is 1.11 bits per heavy atom. The largest absolute Gasteiger partial charge is 0.494 e. The van der Waals surface area contributed by atoms with Gasteiger partial charge in [-0.05, 0) is 70.3 Å². The molecule has 1 aromatic carbocycles. The van der Waals surface area contributed by atoms with E-state index in [0.29, 0.717) is 6.54 Å². The van der Waals surface area contributed by atoms with E-state index < -0.39 is 0 Å². The Kier molecular flexibility index (Phi) is 10.8. The van der Waals surface area contributed by atoms with E-state index >= 15 is 0 Å². The van der Waals surface area contributed by atoms with E-state index in [9.17, 15) is 0 Å². The number of hydrogen-bond donors (Lipinski definition) is 2. The molecule has 1 saturated carbocycles. The predicted octanol–water partition coefficient (Wildman–Crippen LogP) is 2.89. The van der Waals surface area contributed by atoms with Crippen LogP contribution in [0.25, 0.3) is 0 Å². The maximum absolute atomic E-state index is 5.78. The molecule has 6 nitrogen and oxygen atoms in total. The number of nitrogens with zero attached hydrogens (tertiary/aromatic N) is 2. The van der Waals surface area contributed by atoms with Crippen molar-refractivity contribution in [3.63, 3.8) is 0 Å². The van der Waals surface area contributed by atoms with Gasteiger partial charge >= 0.3 is 0 Å². The third-order valence-corrected chi connectivity index (χ3v) is 4.51. The highest BCUT2D eigenvalue weighted by Gasteiger charge is 2.20. The first-order valence-corrected chi connectivity index (χ1v) is 10.6. The molecular weight excluding hydrogens is 352 g/mol. The Labute approximate surface area is 170 Å². The van der Waals surface area contributed by atoms with Crippen molar-refractivity contribution in [1.29, 1.82) is 0 Å². The lowest BCUT2D eigenvalue weighted by Gasteiger charge is -2.12. The number of aliphatic imine (C=N–C) groups is 1. The average Bonchev–Trinajstić information content (AvgIpc) is 3.51. The van der Waals surface area contributed by atoms with Gasteiger partial charge in [0.25, 0.3) is 0 Å². The van der Waals surface area contributed by atoms with Gasteiger partial charge in [-0.2, -0.15) is 0 Å². The third kappa shape index (κ3) is 10.5. The molecule has 158 valence electrons. The topological polar surface area (TPSA) is 58.1 Å². The minimum absolute atomic E-state index is 0.647. The van der Waals surface area contributed by atoms with Crippen LogP contribution in [0.15, 0.2) is 29.3 Å². The van der Waals surface area contributed by atoms with Gasteiger partial charge < -0.3 is 25.0 Å². The Morgan fingerprint density at radius 2 is 1.89 bits per heavy atom. The van der Waals surface area contributed by atoms with Crippen molar-refractivity contribution < 1.29 is 9.47 Å². The molecule has 1 aromatic rings. The van der Waals surface area contributed by atoms with Gasteiger partial charge in [-0.1, -0.05) is 12.1 Å². The fraction of sp³-hybridized carbons (Fsp3) is 0.682. The molecule has 0 amide bonds. The monoisotopic (exact) mass is 390 g/mol. The number of guanidine groups is 1. The summed E-state index contributed by atoms with van der Waals surface area (Å²) < 4.78 is 11.5. The summed E-state index contributed by atoms with van der Waals surface area (Å²) in [4.78, 5) is 6.84. The SMILES string of the molecule is CCNC(=NCc1ccc(OCCCN(C)C)cc1)NCCCOCC1CC1. The van der Waals surface area contributed by atoms with Crippen molar-refractivity contribution in [3.8, 4) is 5.75 Å². The maximum Gasteiger partial charge on any atom is 0.191 e. The predicted molar refractivity (Wildman–Crippen MR) is 116 cm³/mol. The van der Waals surface area contributed by atoms with Gasteiger partial charge in [0.2, 0.25) is 0 Å². The molecule has 0 radical (unpaired) electrons. The molecule has 1 aliphatic carbocycles. The Hall–Kier alpha value is -1.79. The molecule has 28 heavy (non-hydrogen) atoms. The van der Waals surface area contributed by atoms with Crippen LogP contribution in [0.4, 0.5) is 0 Å². The van der Waals surface area contributed by atoms with E-state index in [2.05, 4.69) is 53.7 Å². The molecule has 0 aliphatic heterocycles. The van der Waals surface area contributed by atoms with E-state index in [-0.39, 0.29) is 0 Å². The van der Waals surface area contributed by atoms with Crippen LogP contribution in [-0.2, 0) is 11.3 Å². The van der Waals surface area contributed by atoms with Crippen molar-refractivity contribution in [2.24, 2.45) is 10.9 Å². The van der Waals surface area contributed by atoms with Crippen LogP contribution in [0.3, 0.4) is 0 Å². The van der Waals surface area contributed by atoms with Crippen molar-refractivity contribution in [1.82, 2.24) is 15.5 Å². The smallest absolute Gasteiger partial charge is 0.191 e. The van der Waals surface area contributed by atoms with Crippen molar-refractivity contribution in [2.75, 3.05) is 53.6 Å². The highest BCUT2D eigenvalue weighted by Crippen LogP contribution is 2.28. The normalized spacial score (nSPS) is 14.4. The summed E-state index contributed by atoms with van der Waals surface area (Å²) in [6.07, 6.45) is 4.72. The van der Waals surface area contributed by atoms with Crippen molar-refractivity contribution in [3.05, 3.63) is 29.8 Å². The summed E-state index contributed by atoms with van der Waals surface area (Å²) in [6, 6.07) is 8.22. The highest BCUT2D eigenvalue weighted by molar-refractivity contribution is 5.79. The number of rotatable bonds is 14. The van der Waals surface area contributed by atoms with E-state index in [4.69, 9.17) is 9.47 Å². The summed E-state index contributed by atoms with van der Waals surface area (Å²) in [6.45, 7) is 7.99. The first-order valence-electron chi connectivity index (χ1n) is 10.6. The quantitative estimate of drug-likeness (QED) is 0.291. The van der Waals surface area contributed by atoms with Gasteiger partial charge in [0.05, 0.1) is 13.2 Å². The third-order valence-electron chi connectivity index (χ3n) is 4.51. The fourth-order valence-corrected chi connectivity index (χ4v) is 2.69. The van der Waals surface area contributed by atoms with Crippen LogP contribution in [-0.4, -0.2) is 64.4 Å². The molecule has 2 N–H and O–H groups in total. The van der Waals surface area contributed by atoms with E-state index in [1.165, 1.54) is 18.4 Å². The average molecular weight is 391 g/mol. The maximum atomic E-state index is 5.78. The van der Waals surface area contributed by atoms with Crippen LogP contribution < -0.4 is 15.4 Å². The van der Waals surface area contributed by atoms with Crippen LogP contribution in [0.1, 0.15) is 38.2 Å². The fourth-order valence-electron chi connectivity index (χ4n) is 2.69. The molecule has 0 heterocycles. The van der Waals surface area contributed by atoms with Gasteiger partial charge in [-0.15, -0.1) is 0 Å². The second kappa shape index (κ2) is 13.4. The summed E-state index contributed by atoms with van der Waals surface area (Å²) in [5.74, 6) is 2.61. The Morgan fingerprint density at radius 3 is 2.57 bits per heavy atom. The van der Waals surface area contributed by atoms with Crippen LogP contribution in [0.5, 0.6) is 5.75 Å². The number of benzene rings is 1. The molecule has 0 saturated heterocycles. The minimum atomic E-state index is 0.647. The van der Waals surface area contributed by atoms with Crippen LogP contribution >= 0.6 is 0 Å². The second-order valence-corrected chi connectivity index (χ2v) is 7.64. The van der Waals surface area contributed by atoms with Gasteiger partial charge in [0.15, 0.2) is 5.96 Å². The molecule has 6 heteroatoms. The van der Waals surface area contributed by atoms with Gasteiger partial charge in [0, 0.05) is 32.8 Å². The zero-order chi connectivity index (χ0) is 20.0. The number of hydrogen-bond acceptors (Lipinski definition) is 4. The first-order chi connectivity index (χ1) is 13.7. The Balaban J connectivity index is 1.65. The first kappa shape index (κ1) is 22.5. The van der Waals surface area contributed by atoms with Crippen molar-refractivity contribution >= 4 is 5.96 Å².